The lowest BCUT2D eigenvalue weighted by Crippen LogP contribution is -2.41. The second kappa shape index (κ2) is 7.19. The lowest BCUT2D eigenvalue weighted by molar-refractivity contribution is -0.137. The SMILES string of the molecule is CC(C)N1CC2(COCCN(Cc3cccc(C(F)(F)F)c3)C2)CC1=O. The molecule has 1 spiro atoms. The van der Waals surface area contributed by atoms with Crippen molar-refractivity contribution in [3.63, 3.8) is 0 Å². The van der Waals surface area contributed by atoms with Crippen LogP contribution in [0.1, 0.15) is 31.4 Å². The Bertz CT molecular complexity index is 662. The molecule has 1 aromatic carbocycles. The van der Waals surface area contributed by atoms with Gasteiger partial charge in [-0.15, -0.1) is 0 Å². The van der Waals surface area contributed by atoms with Crippen LogP contribution in [0, 0.1) is 5.41 Å². The summed E-state index contributed by atoms with van der Waals surface area (Å²) < 4.78 is 44.6. The smallest absolute Gasteiger partial charge is 0.379 e. The monoisotopic (exact) mass is 370 g/mol. The summed E-state index contributed by atoms with van der Waals surface area (Å²) in [5, 5.41) is 0. The van der Waals surface area contributed by atoms with Gasteiger partial charge in [0.2, 0.25) is 5.91 Å². The maximum absolute atomic E-state index is 12.9. The van der Waals surface area contributed by atoms with Crippen molar-refractivity contribution in [3.8, 4) is 0 Å². The summed E-state index contributed by atoms with van der Waals surface area (Å²) in [4.78, 5) is 16.3. The fourth-order valence-electron chi connectivity index (χ4n) is 3.92. The molecule has 2 saturated heterocycles. The summed E-state index contributed by atoms with van der Waals surface area (Å²) in [5.41, 5.74) is -0.279. The van der Waals surface area contributed by atoms with E-state index in [4.69, 9.17) is 4.74 Å². The first-order valence-electron chi connectivity index (χ1n) is 8.94. The molecule has 3 rings (SSSR count). The lowest BCUT2D eigenvalue weighted by atomic mass is 9.87. The predicted molar refractivity (Wildman–Crippen MR) is 91.4 cm³/mol. The fraction of sp³-hybridized carbons (Fsp3) is 0.632. The third kappa shape index (κ3) is 4.20. The Kier molecular flexibility index (Phi) is 5.30. The molecule has 2 aliphatic rings. The van der Waals surface area contributed by atoms with E-state index < -0.39 is 11.7 Å². The van der Waals surface area contributed by atoms with E-state index in [0.717, 1.165) is 6.07 Å². The quantitative estimate of drug-likeness (QED) is 0.819. The number of likely N-dealkylation sites (tertiary alicyclic amines) is 1. The van der Waals surface area contributed by atoms with Gasteiger partial charge < -0.3 is 9.64 Å². The van der Waals surface area contributed by atoms with E-state index >= 15 is 0 Å². The van der Waals surface area contributed by atoms with Gasteiger partial charge >= 0.3 is 6.18 Å². The molecule has 0 bridgehead atoms. The molecule has 0 radical (unpaired) electrons. The van der Waals surface area contributed by atoms with Crippen molar-refractivity contribution in [2.75, 3.05) is 32.8 Å². The largest absolute Gasteiger partial charge is 0.416 e. The number of rotatable bonds is 3. The van der Waals surface area contributed by atoms with Crippen LogP contribution in [0.25, 0.3) is 0 Å². The Balaban J connectivity index is 1.74. The molecule has 1 aromatic rings. The van der Waals surface area contributed by atoms with Crippen molar-refractivity contribution < 1.29 is 22.7 Å². The number of hydrogen-bond acceptors (Lipinski definition) is 3. The summed E-state index contributed by atoms with van der Waals surface area (Å²) in [6, 6.07) is 5.60. The molecule has 144 valence electrons. The molecule has 1 unspecified atom stereocenters. The zero-order valence-electron chi connectivity index (χ0n) is 15.2. The average molecular weight is 370 g/mol. The molecule has 0 aliphatic carbocycles. The third-order valence-corrected chi connectivity index (χ3v) is 5.16. The highest BCUT2D eigenvalue weighted by molar-refractivity contribution is 5.79. The van der Waals surface area contributed by atoms with Crippen molar-refractivity contribution in [2.45, 2.75) is 39.0 Å². The molecule has 1 atom stereocenters. The Morgan fingerprint density at radius 2 is 2.04 bits per heavy atom. The first-order valence-corrected chi connectivity index (χ1v) is 8.94. The van der Waals surface area contributed by atoms with E-state index in [1.165, 1.54) is 12.1 Å². The molecular weight excluding hydrogens is 345 g/mol. The number of benzene rings is 1. The van der Waals surface area contributed by atoms with Crippen LogP contribution in [-0.4, -0.2) is 54.6 Å². The van der Waals surface area contributed by atoms with Gasteiger partial charge in [0.05, 0.1) is 18.8 Å². The Morgan fingerprint density at radius 1 is 1.27 bits per heavy atom. The van der Waals surface area contributed by atoms with Crippen LogP contribution in [0.4, 0.5) is 13.2 Å². The normalized spacial score (nSPS) is 25.3. The first-order chi connectivity index (χ1) is 12.2. The molecule has 2 aliphatic heterocycles. The highest BCUT2D eigenvalue weighted by Crippen LogP contribution is 2.36. The Hall–Kier alpha value is -1.60. The van der Waals surface area contributed by atoms with Crippen molar-refractivity contribution in [1.82, 2.24) is 9.80 Å². The van der Waals surface area contributed by atoms with E-state index in [1.807, 2.05) is 18.7 Å². The van der Waals surface area contributed by atoms with Gasteiger partial charge in [-0.1, -0.05) is 18.2 Å². The van der Waals surface area contributed by atoms with Crippen LogP contribution < -0.4 is 0 Å². The van der Waals surface area contributed by atoms with Crippen LogP contribution >= 0.6 is 0 Å². The maximum Gasteiger partial charge on any atom is 0.416 e. The second-order valence-corrected chi connectivity index (χ2v) is 7.75. The van der Waals surface area contributed by atoms with Crippen LogP contribution in [0.15, 0.2) is 24.3 Å². The van der Waals surface area contributed by atoms with Crippen LogP contribution in [0.5, 0.6) is 0 Å². The molecule has 2 fully saturated rings. The highest BCUT2D eigenvalue weighted by Gasteiger charge is 2.46. The van der Waals surface area contributed by atoms with E-state index in [2.05, 4.69) is 4.90 Å². The minimum atomic E-state index is -4.34. The highest BCUT2D eigenvalue weighted by atomic mass is 19.4. The Labute approximate surface area is 151 Å². The Morgan fingerprint density at radius 3 is 2.69 bits per heavy atom. The molecule has 0 aromatic heterocycles. The van der Waals surface area contributed by atoms with Crippen molar-refractivity contribution >= 4 is 5.91 Å². The summed E-state index contributed by atoms with van der Waals surface area (Å²) >= 11 is 0. The first kappa shape index (κ1) is 19.2. The van der Waals surface area contributed by atoms with E-state index in [9.17, 15) is 18.0 Å². The minimum Gasteiger partial charge on any atom is -0.379 e. The number of amides is 1. The summed E-state index contributed by atoms with van der Waals surface area (Å²) in [7, 11) is 0. The lowest BCUT2D eigenvalue weighted by Gasteiger charge is -2.32. The van der Waals surface area contributed by atoms with Crippen LogP contribution in [-0.2, 0) is 22.3 Å². The van der Waals surface area contributed by atoms with Gasteiger partial charge in [-0.05, 0) is 25.5 Å². The van der Waals surface area contributed by atoms with Gasteiger partial charge in [0.1, 0.15) is 0 Å². The number of halogens is 3. The van der Waals surface area contributed by atoms with Crippen LogP contribution in [0.3, 0.4) is 0 Å². The third-order valence-electron chi connectivity index (χ3n) is 5.16. The van der Waals surface area contributed by atoms with Gasteiger partial charge in [-0.3, -0.25) is 9.69 Å². The molecule has 26 heavy (non-hydrogen) atoms. The summed E-state index contributed by atoms with van der Waals surface area (Å²) in [6.45, 7) is 7.39. The standard InChI is InChI=1S/C19H25F3N2O2/c1-14(2)24-12-18(9-17(24)25)11-23(6-7-26-13-18)10-15-4-3-5-16(8-15)19(20,21)22/h3-5,8,14H,6-7,9-13H2,1-2H3. The van der Waals surface area contributed by atoms with Crippen molar-refractivity contribution in [3.05, 3.63) is 35.4 Å². The maximum atomic E-state index is 12.9. The molecule has 2 heterocycles. The number of hydrogen-bond donors (Lipinski definition) is 0. The zero-order valence-corrected chi connectivity index (χ0v) is 15.2. The van der Waals surface area contributed by atoms with E-state index in [-0.39, 0.29) is 17.4 Å². The average Bonchev–Trinajstić information content (AvgIpc) is 2.75. The van der Waals surface area contributed by atoms with Crippen LogP contribution in [0.2, 0.25) is 0 Å². The molecular formula is C19H25F3N2O2. The zero-order chi connectivity index (χ0) is 18.9. The minimum absolute atomic E-state index is 0.129. The predicted octanol–water partition coefficient (Wildman–Crippen LogP) is 3.16. The summed E-state index contributed by atoms with van der Waals surface area (Å²) in [6.07, 6.45) is -3.90. The van der Waals surface area contributed by atoms with Gasteiger partial charge in [-0.2, -0.15) is 13.2 Å². The van der Waals surface area contributed by atoms with E-state index in [0.29, 0.717) is 51.4 Å². The number of ether oxygens (including phenoxy) is 1. The number of alkyl halides is 3. The topological polar surface area (TPSA) is 32.8 Å². The number of carbonyl (C=O) groups excluding carboxylic acids is 1. The van der Waals surface area contributed by atoms with Gasteiger partial charge in [0, 0.05) is 44.1 Å². The van der Waals surface area contributed by atoms with E-state index in [1.54, 1.807) is 6.07 Å². The fourth-order valence-corrected chi connectivity index (χ4v) is 3.92. The molecule has 0 N–H and O–H groups in total. The second-order valence-electron chi connectivity index (χ2n) is 7.75. The number of nitrogens with zero attached hydrogens (tertiary/aromatic N) is 2. The van der Waals surface area contributed by atoms with Crippen molar-refractivity contribution in [1.29, 1.82) is 0 Å². The van der Waals surface area contributed by atoms with Crippen molar-refractivity contribution in [2.24, 2.45) is 5.41 Å². The number of carbonyl (C=O) groups is 1. The van der Waals surface area contributed by atoms with Gasteiger partial charge in [0.25, 0.3) is 0 Å². The van der Waals surface area contributed by atoms with Gasteiger partial charge in [0.15, 0.2) is 0 Å². The molecule has 0 saturated carbocycles. The molecule has 4 nitrogen and oxygen atoms in total. The molecule has 7 heteroatoms. The summed E-state index contributed by atoms with van der Waals surface area (Å²) in [5.74, 6) is 0.129. The molecule has 1 amide bonds. The van der Waals surface area contributed by atoms with Gasteiger partial charge in [-0.25, -0.2) is 0 Å².